The Bertz CT molecular complexity index is 4540. The maximum Gasteiger partial charge on any atom is 0.137 e. The van der Waals surface area contributed by atoms with E-state index in [0.29, 0.717) is 5.84 Å². The van der Waals surface area contributed by atoms with Crippen LogP contribution in [-0.2, 0) is 0 Å². The van der Waals surface area contributed by atoms with Gasteiger partial charge in [0.25, 0.3) is 0 Å². The van der Waals surface area contributed by atoms with E-state index >= 15 is 0 Å². The summed E-state index contributed by atoms with van der Waals surface area (Å²) in [4.78, 5) is 1.97. The molecule has 77 heavy (non-hydrogen) atoms. The Morgan fingerprint density at radius 3 is 1.16 bits per heavy atom. The summed E-state index contributed by atoms with van der Waals surface area (Å²) in [6.07, 6.45) is 0. The molecule has 0 saturated carbocycles. The number of hydrogen-bond donors (Lipinski definition) is 1. The minimum absolute atomic E-state index is 0.360. The van der Waals surface area contributed by atoms with Crippen molar-refractivity contribution >= 4 is 81.9 Å². The summed E-state index contributed by atoms with van der Waals surface area (Å²) in [5.41, 5.74) is 15.2. The predicted molar refractivity (Wildman–Crippen MR) is 330 cm³/mol. The molecule has 0 aliphatic carbocycles. The van der Waals surface area contributed by atoms with Gasteiger partial charge in [0.05, 0.1) is 0 Å². The van der Waals surface area contributed by atoms with E-state index in [-0.39, 0.29) is 0 Å². The van der Waals surface area contributed by atoms with Gasteiger partial charge in [0.2, 0.25) is 0 Å². The van der Waals surface area contributed by atoms with E-state index in [2.05, 4.69) is 243 Å². The molecule has 0 aliphatic rings. The molecule has 0 aliphatic heterocycles. The van der Waals surface area contributed by atoms with Crippen LogP contribution in [0.25, 0.3) is 126 Å². The number of benzene rings is 14. The SMILES string of the molecule is C=C(c1ccccc1)N(C(=N)c1ccccc1)c1cccc(-c2c3ccccc3c(-c3ccc(-c4ccc5c(-c6ccc7ccccc7c6)c6ccccc6c(-c6ccc7ccccc7c6)c5c4)cc3)c3ccccc23)c1. The quantitative estimate of drug-likeness (QED) is 0.0871. The lowest BCUT2D eigenvalue weighted by Gasteiger charge is -2.28. The first kappa shape index (κ1) is 45.5. The summed E-state index contributed by atoms with van der Waals surface area (Å²) in [5, 5.41) is 24.2. The van der Waals surface area contributed by atoms with Crippen LogP contribution in [0.3, 0.4) is 0 Å². The predicted octanol–water partition coefficient (Wildman–Crippen LogP) is 20.4. The van der Waals surface area contributed by atoms with E-state index in [4.69, 9.17) is 0 Å². The molecule has 0 amide bonds. The summed E-state index contributed by atoms with van der Waals surface area (Å²) in [7, 11) is 0. The van der Waals surface area contributed by atoms with Crippen LogP contribution in [0.2, 0.25) is 0 Å². The van der Waals surface area contributed by atoms with Crippen LogP contribution < -0.4 is 4.90 Å². The summed E-state index contributed by atoms with van der Waals surface area (Å²) in [6, 6.07) is 103. The first-order chi connectivity index (χ1) is 38.0. The van der Waals surface area contributed by atoms with Gasteiger partial charge in [-0.1, -0.05) is 261 Å². The van der Waals surface area contributed by atoms with E-state index in [1.165, 1.54) is 98.0 Å². The molecule has 0 saturated heterocycles. The van der Waals surface area contributed by atoms with Gasteiger partial charge in [0, 0.05) is 16.9 Å². The number of nitrogens with zero attached hydrogens (tertiary/aromatic N) is 1. The fourth-order valence-corrected chi connectivity index (χ4v) is 12.0. The summed E-state index contributed by atoms with van der Waals surface area (Å²) >= 11 is 0. The Morgan fingerprint density at radius 2 is 0.636 bits per heavy atom. The highest BCUT2D eigenvalue weighted by atomic mass is 15.2. The van der Waals surface area contributed by atoms with E-state index in [0.717, 1.165) is 44.8 Å². The summed E-state index contributed by atoms with van der Waals surface area (Å²) in [6.45, 7) is 4.58. The zero-order valence-corrected chi connectivity index (χ0v) is 42.3. The van der Waals surface area contributed by atoms with Crippen molar-refractivity contribution in [3.8, 4) is 55.6 Å². The highest BCUT2D eigenvalue weighted by Crippen LogP contribution is 2.48. The van der Waals surface area contributed by atoms with Crippen molar-refractivity contribution in [1.29, 1.82) is 5.41 Å². The molecular weight excluding hydrogens is 929 g/mol. The molecule has 2 heteroatoms. The van der Waals surface area contributed by atoms with Crippen LogP contribution in [0.4, 0.5) is 5.69 Å². The fourth-order valence-electron chi connectivity index (χ4n) is 12.0. The van der Waals surface area contributed by atoms with Crippen molar-refractivity contribution in [2.24, 2.45) is 0 Å². The molecule has 2 nitrogen and oxygen atoms in total. The van der Waals surface area contributed by atoms with Crippen LogP contribution in [0.5, 0.6) is 0 Å². The Kier molecular flexibility index (Phi) is 11.2. The highest BCUT2D eigenvalue weighted by molar-refractivity contribution is 6.24. The standard InChI is InChI=1S/C75H50N2/c1-49(50-19-4-2-5-20-50)77(75(76)55-23-6-3-7-24-55)62-28-18-27-59(47-62)72-65-31-14-12-29-63(65)71(64-30-13-15-32-66(64)72)54-39-35-53(36-40-54)58-43-44-69-70(48-58)74(61-42-38-52-22-9-11-26-57(52)46-61)68-34-17-16-33-67(68)73(69)60-41-37-51-21-8-10-25-56(51)45-60/h2-48,76H,1H2. The van der Waals surface area contributed by atoms with Crippen LogP contribution in [0.1, 0.15) is 11.1 Å². The van der Waals surface area contributed by atoms with E-state index in [9.17, 15) is 5.41 Å². The van der Waals surface area contributed by atoms with Crippen molar-refractivity contribution in [2.75, 3.05) is 4.90 Å². The van der Waals surface area contributed by atoms with Gasteiger partial charge in [-0.2, -0.15) is 0 Å². The van der Waals surface area contributed by atoms with Crippen LogP contribution in [-0.4, -0.2) is 5.84 Å². The largest absolute Gasteiger partial charge is 0.295 e. The third kappa shape index (κ3) is 7.94. The summed E-state index contributed by atoms with van der Waals surface area (Å²) < 4.78 is 0. The van der Waals surface area contributed by atoms with Crippen LogP contribution >= 0.6 is 0 Å². The molecule has 0 unspecified atom stereocenters. The van der Waals surface area contributed by atoms with Gasteiger partial charge in [-0.05, 0) is 156 Å². The average molecular weight is 979 g/mol. The minimum atomic E-state index is 0.360. The molecule has 0 heterocycles. The lowest BCUT2D eigenvalue weighted by atomic mass is 9.84. The van der Waals surface area contributed by atoms with Crippen molar-refractivity contribution in [3.63, 3.8) is 0 Å². The second-order valence-corrected chi connectivity index (χ2v) is 20.0. The van der Waals surface area contributed by atoms with Gasteiger partial charge in [0.15, 0.2) is 0 Å². The Morgan fingerprint density at radius 1 is 0.260 bits per heavy atom. The molecule has 0 atom stereocenters. The maximum absolute atomic E-state index is 9.60. The number of amidine groups is 1. The van der Waals surface area contributed by atoms with Crippen LogP contribution in [0.15, 0.2) is 292 Å². The van der Waals surface area contributed by atoms with Gasteiger partial charge >= 0.3 is 0 Å². The molecular formula is C75H50N2. The first-order valence-corrected chi connectivity index (χ1v) is 26.3. The van der Waals surface area contributed by atoms with Gasteiger partial charge in [0.1, 0.15) is 5.84 Å². The first-order valence-electron chi connectivity index (χ1n) is 26.3. The fraction of sp³-hybridized carbons (Fsp3) is 0. The van der Waals surface area contributed by atoms with E-state index in [1.54, 1.807) is 0 Å². The summed E-state index contributed by atoms with van der Waals surface area (Å²) in [5.74, 6) is 0.360. The lowest BCUT2D eigenvalue weighted by Crippen LogP contribution is -2.29. The second kappa shape index (κ2) is 19.0. The topological polar surface area (TPSA) is 27.1 Å². The number of rotatable bonds is 9. The Hall–Kier alpha value is -10.2. The van der Waals surface area contributed by atoms with E-state index < -0.39 is 0 Å². The average Bonchev–Trinajstić information content (AvgIpc) is 3.58. The second-order valence-electron chi connectivity index (χ2n) is 20.0. The maximum atomic E-state index is 9.60. The van der Waals surface area contributed by atoms with E-state index in [1.807, 2.05) is 53.4 Å². The highest BCUT2D eigenvalue weighted by Gasteiger charge is 2.23. The zero-order valence-electron chi connectivity index (χ0n) is 42.3. The molecule has 0 fully saturated rings. The zero-order chi connectivity index (χ0) is 51.4. The molecule has 1 N–H and O–H groups in total. The molecule has 14 aromatic carbocycles. The molecule has 0 aromatic heterocycles. The molecule has 360 valence electrons. The van der Waals surface area contributed by atoms with Crippen molar-refractivity contribution < 1.29 is 0 Å². The van der Waals surface area contributed by atoms with Gasteiger partial charge in [-0.15, -0.1) is 0 Å². The normalized spacial score (nSPS) is 11.5. The third-order valence-corrected chi connectivity index (χ3v) is 15.6. The van der Waals surface area contributed by atoms with Crippen molar-refractivity contribution in [1.82, 2.24) is 0 Å². The Labute approximate surface area is 448 Å². The number of hydrogen-bond acceptors (Lipinski definition) is 1. The van der Waals surface area contributed by atoms with Crippen molar-refractivity contribution in [3.05, 3.63) is 303 Å². The van der Waals surface area contributed by atoms with Gasteiger partial charge in [-0.25, -0.2) is 0 Å². The molecule has 0 spiro atoms. The monoisotopic (exact) mass is 978 g/mol. The number of anilines is 1. The number of nitrogens with one attached hydrogen (secondary N) is 1. The van der Waals surface area contributed by atoms with Gasteiger partial charge < -0.3 is 0 Å². The molecule has 14 rings (SSSR count). The van der Waals surface area contributed by atoms with Crippen LogP contribution in [0, 0.1) is 5.41 Å². The van der Waals surface area contributed by atoms with Crippen molar-refractivity contribution in [2.45, 2.75) is 0 Å². The lowest BCUT2D eigenvalue weighted by molar-refractivity contribution is 1.29. The third-order valence-electron chi connectivity index (χ3n) is 15.6. The number of fused-ring (bicyclic) bond motifs is 6. The molecule has 14 aromatic rings. The Balaban J connectivity index is 0.909. The molecule has 0 bridgehead atoms. The minimum Gasteiger partial charge on any atom is -0.295 e. The smallest absolute Gasteiger partial charge is 0.137 e. The molecule has 0 radical (unpaired) electrons. The van der Waals surface area contributed by atoms with Gasteiger partial charge in [-0.3, -0.25) is 10.3 Å².